The molecule has 1 N–H and O–H groups in total. The predicted molar refractivity (Wildman–Crippen MR) is 149 cm³/mol. The highest BCUT2D eigenvalue weighted by molar-refractivity contribution is 7.78. The van der Waals surface area contributed by atoms with E-state index in [-0.39, 0.29) is 22.7 Å². The fourth-order valence-corrected chi connectivity index (χ4v) is 5.44. The number of nitrogens with zero attached hydrogens (tertiary/aromatic N) is 3. The van der Waals surface area contributed by atoms with E-state index in [1.807, 2.05) is 26.8 Å². The van der Waals surface area contributed by atoms with E-state index in [4.69, 9.17) is 26.0 Å². The number of halogens is 1. The minimum atomic E-state index is -2.15. The van der Waals surface area contributed by atoms with Gasteiger partial charge in [-0.3, -0.25) is 4.31 Å². The molecule has 8 nitrogen and oxygen atoms in total. The lowest BCUT2D eigenvalue weighted by atomic mass is 10.1. The summed E-state index contributed by atoms with van der Waals surface area (Å²) in [7, 11) is -2.15. The molecule has 11 heteroatoms. The molecule has 1 saturated heterocycles. The van der Waals surface area contributed by atoms with Gasteiger partial charge in [-0.25, -0.2) is 9.59 Å². The van der Waals surface area contributed by atoms with Crippen LogP contribution in [0.1, 0.15) is 59.1 Å². The number of nitriles is 1. The fraction of sp³-hybridized carbons (Fsp3) is 0.640. The van der Waals surface area contributed by atoms with Crippen molar-refractivity contribution in [2.45, 2.75) is 90.8 Å². The zero-order valence-corrected chi connectivity index (χ0v) is 25.4. The molecule has 36 heavy (non-hydrogen) atoms. The molecule has 1 aliphatic heterocycles. The van der Waals surface area contributed by atoms with Gasteiger partial charge >= 0.3 is 12.1 Å². The molecule has 1 heterocycles. The Morgan fingerprint density at radius 3 is 2.42 bits per heavy atom. The number of benzene rings is 1. The van der Waals surface area contributed by atoms with E-state index in [1.165, 1.54) is 4.31 Å². The zero-order valence-electron chi connectivity index (χ0n) is 22.7. The van der Waals surface area contributed by atoms with E-state index in [2.05, 4.69) is 52.0 Å². The van der Waals surface area contributed by atoms with Crippen molar-refractivity contribution in [1.29, 1.82) is 5.26 Å². The van der Waals surface area contributed by atoms with Gasteiger partial charge in [-0.2, -0.15) is 5.26 Å². The third-order valence-corrected chi connectivity index (χ3v) is 12.0. The molecule has 3 amide bonds. The van der Waals surface area contributed by atoms with Crippen LogP contribution in [0.5, 0.6) is 0 Å². The lowest BCUT2D eigenvalue weighted by Gasteiger charge is -2.41. The van der Waals surface area contributed by atoms with Crippen LogP contribution in [0.3, 0.4) is 0 Å². The smallest absolute Gasteiger partial charge is 0.410 e. The maximum Gasteiger partial charge on any atom is 0.410 e. The Morgan fingerprint density at radius 2 is 1.89 bits per heavy atom. The lowest BCUT2D eigenvalue weighted by molar-refractivity contribution is 0.0153. The van der Waals surface area contributed by atoms with E-state index >= 15 is 0 Å². The second-order valence-electron chi connectivity index (χ2n) is 11.7. The Labute approximate surface area is 226 Å². The van der Waals surface area contributed by atoms with Gasteiger partial charge in [0.25, 0.3) is 0 Å². The molecule has 0 aromatic heterocycles. The summed E-state index contributed by atoms with van der Waals surface area (Å²) >= 11 is 10.7. The zero-order chi connectivity index (χ0) is 27.6. The van der Waals surface area contributed by atoms with Gasteiger partial charge in [0.2, 0.25) is 0 Å². The van der Waals surface area contributed by atoms with Gasteiger partial charge < -0.3 is 19.4 Å². The van der Waals surface area contributed by atoms with Crippen LogP contribution < -0.4 is 5.32 Å². The van der Waals surface area contributed by atoms with Crippen molar-refractivity contribution in [3.63, 3.8) is 0 Å². The number of carbonyl (C=O) groups excluding carboxylic acids is 2. The summed E-state index contributed by atoms with van der Waals surface area (Å²) in [6, 6.07) is 4.30. The van der Waals surface area contributed by atoms with Crippen molar-refractivity contribution in [3.05, 3.63) is 28.3 Å². The summed E-state index contributed by atoms with van der Waals surface area (Å²) in [6.45, 7) is 18.6. The molecule has 1 aromatic rings. The van der Waals surface area contributed by atoms with Crippen LogP contribution >= 0.6 is 24.4 Å². The quantitative estimate of drug-likeness (QED) is 0.316. The highest BCUT2D eigenvalue weighted by Gasteiger charge is 2.46. The number of anilines is 1. The molecule has 200 valence electrons. The van der Waals surface area contributed by atoms with Crippen LogP contribution in [0, 0.1) is 18.3 Å². The molecule has 1 aromatic carbocycles. The first kappa shape index (κ1) is 30.3. The summed E-state index contributed by atoms with van der Waals surface area (Å²) in [5.41, 5.74) is 0.748. The van der Waals surface area contributed by atoms with Gasteiger partial charge in [0, 0.05) is 12.2 Å². The second-order valence-corrected chi connectivity index (χ2v) is 17.3. The molecular weight excluding hydrogens is 516 g/mol. The summed E-state index contributed by atoms with van der Waals surface area (Å²) < 4.78 is 13.6. The van der Waals surface area contributed by atoms with Gasteiger partial charge in [-0.05, 0) is 69.9 Å². The van der Waals surface area contributed by atoms with E-state index < -0.39 is 32.1 Å². The Kier molecular flexibility index (Phi) is 9.44. The second kappa shape index (κ2) is 11.2. The predicted octanol–water partition coefficient (Wildman–Crippen LogP) is 6.60. The van der Waals surface area contributed by atoms with Crippen LogP contribution in [0.4, 0.5) is 15.3 Å². The summed E-state index contributed by atoms with van der Waals surface area (Å²) in [4.78, 5) is 27.7. The van der Waals surface area contributed by atoms with Gasteiger partial charge in [0.05, 0.1) is 29.3 Å². The van der Waals surface area contributed by atoms with E-state index in [9.17, 15) is 9.59 Å². The highest BCUT2D eigenvalue weighted by Crippen LogP contribution is 2.39. The summed E-state index contributed by atoms with van der Waals surface area (Å²) in [6.07, 6.45) is -0.0538. The molecule has 0 saturated carbocycles. The normalized spacial score (nSPS) is 18.6. The molecule has 1 fully saturated rings. The van der Waals surface area contributed by atoms with Crippen LogP contribution in [0.25, 0.3) is 0 Å². The maximum atomic E-state index is 13.0. The number of carbonyl (C=O) groups is 2. The van der Waals surface area contributed by atoms with E-state index in [0.717, 1.165) is 0 Å². The number of thiol groups is 1. The SMILES string of the molecule is Cc1c(NC(=O)N(S)C[C@@H]2[C@H](O[Si](C)(C)C(C)(C)C)CCN2C(=O)OC(C)(C)C)ccc(C#N)c1Cl. The van der Waals surface area contributed by atoms with Crippen LogP contribution in [-0.4, -0.2) is 60.5 Å². The number of nitrogens with one attached hydrogen (secondary N) is 1. The maximum absolute atomic E-state index is 13.0. The molecule has 0 spiro atoms. The molecular formula is C25H39ClN4O4SSi. The number of urea groups is 1. The van der Waals surface area contributed by atoms with Crippen LogP contribution in [0.2, 0.25) is 23.2 Å². The van der Waals surface area contributed by atoms with E-state index in [0.29, 0.717) is 29.8 Å². The monoisotopic (exact) mass is 554 g/mol. The van der Waals surface area contributed by atoms with Crippen molar-refractivity contribution in [2.24, 2.45) is 0 Å². The average Bonchev–Trinajstić information content (AvgIpc) is 3.11. The topological polar surface area (TPSA) is 94.9 Å². The van der Waals surface area contributed by atoms with Gasteiger partial charge in [-0.1, -0.05) is 45.2 Å². The molecule has 2 atom stereocenters. The average molecular weight is 555 g/mol. The third kappa shape index (κ3) is 7.31. The number of amides is 3. The van der Waals surface area contributed by atoms with Crippen molar-refractivity contribution in [1.82, 2.24) is 9.21 Å². The first-order valence-corrected chi connectivity index (χ1v) is 15.7. The van der Waals surface area contributed by atoms with Crippen LogP contribution in [0.15, 0.2) is 12.1 Å². The highest BCUT2D eigenvalue weighted by atomic mass is 35.5. The number of ether oxygens (including phenoxy) is 1. The number of rotatable bonds is 5. The van der Waals surface area contributed by atoms with Gasteiger partial charge in [0.1, 0.15) is 11.7 Å². The minimum Gasteiger partial charge on any atom is -0.444 e. The van der Waals surface area contributed by atoms with Crippen molar-refractivity contribution in [2.75, 3.05) is 18.4 Å². The Hall–Kier alpha value is -1.93. The minimum absolute atomic E-state index is 0.0126. The number of hydrogen-bond donors (Lipinski definition) is 2. The van der Waals surface area contributed by atoms with Gasteiger partial charge in [-0.15, -0.1) is 0 Å². The molecule has 0 bridgehead atoms. The molecule has 0 aliphatic carbocycles. The van der Waals surface area contributed by atoms with Crippen LogP contribution in [-0.2, 0) is 9.16 Å². The Morgan fingerprint density at radius 1 is 1.28 bits per heavy atom. The Bertz CT molecular complexity index is 1030. The summed E-state index contributed by atoms with van der Waals surface area (Å²) in [5.74, 6) is 0. The molecule has 0 radical (unpaired) electrons. The van der Waals surface area contributed by atoms with Gasteiger partial charge in [0.15, 0.2) is 8.32 Å². The lowest BCUT2D eigenvalue weighted by Crippen LogP contribution is -2.52. The summed E-state index contributed by atoms with van der Waals surface area (Å²) in [5, 5.41) is 12.2. The van der Waals surface area contributed by atoms with Crippen molar-refractivity contribution in [3.8, 4) is 6.07 Å². The standard InChI is InChI=1S/C25H39ClN4O4SSi/c1-16-18(11-10-17(14-27)21(16)26)28-22(31)30(35)15-19-20(34-36(8,9)25(5,6)7)12-13-29(19)23(32)33-24(2,3)4/h10-11,19-20,35H,12-13,15H2,1-9H3,(H,28,31)/t19-,20-/m1/s1. The van der Waals surface area contributed by atoms with Crippen molar-refractivity contribution < 1.29 is 18.8 Å². The number of hydrogen-bond acceptors (Lipinski definition) is 6. The third-order valence-electron chi connectivity index (χ3n) is 6.71. The number of likely N-dealkylation sites (tertiary alicyclic amines) is 1. The molecule has 2 rings (SSSR count). The van der Waals surface area contributed by atoms with E-state index in [1.54, 1.807) is 24.0 Å². The Balaban J connectivity index is 2.26. The van der Waals surface area contributed by atoms with Crippen molar-refractivity contribution >= 4 is 50.5 Å². The molecule has 0 unspecified atom stereocenters. The molecule has 1 aliphatic rings. The largest absolute Gasteiger partial charge is 0.444 e. The first-order chi connectivity index (χ1) is 16.4. The fourth-order valence-electron chi connectivity index (χ4n) is 3.63. The first-order valence-electron chi connectivity index (χ1n) is 12.0.